The van der Waals surface area contributed by atoms with Gasteiger partial charge in [0, 0.05) is 6.54 Å². The Morgan fingerprint density at radius 3 is 2.50 bits per heavy atom. The Morgan fingerprint density at radius 1 is 1.09 bits per heavy atom. The monoisotopic (exact) mass is 307 g/mol. The minimum absolute atomic E-state index is 0.172. The van der Waals surface area contributed by atoms with Gasteiger partial charge in [-0.05, 0) is 37.1 Å². The van der Waals surface area contributed by atoms with E-state index >= 15 is 0 Å². The number of benzene rings is 1. The van der Waals surface area contributed by atoms with Crippen molar-refractivity contribution in [3.8, 4) is 5.75 Å². The zero-order chi connectivity index (χ0) is 16.0. The fourth-order valence-electron chi connectivity index (χ4n) is 2.20. The topological polar surface area (TPSA) is 58.6 Å². The van der Waals surface area contributed by atoms with Crippen molar-refractivity contribution < 1.29 is 14.6 Å². The van der Waals surface area contributed by atoms with E-state index in [-0.39, 0.29) is 6.42 Å². The molecule has 0 amide bonds. The average Bonchev–Trinajstić information content (AvgIpc) is 2.51. The molecule has 0 heterocycles. The van der Waals surface area contributed by atoms with Crippen LogP contribution in [0.1, 0.15) is 51.0 Å². The summed E-state index contributed by atoms with van der Waals surface area (Å²) in [5, 5.41) is 11.7. The van der Waals surface area contributed by atoms with Crippen LogP contribution in [0.15, 0.2) is 24.3 Å². The first-order chi connectivity index (χ1) is 10.7. The van der Waals surface area contributed by atoms with Gasteiger partial charge >= 0.3 is 5.97 Å². The second-order valence-corrected chi connectivity index (χ2v) is 5.55. The first-order valence-corrected chi connectivity index (χ1v) is 8.36. The lowest BCUT2D eigenvalue weighted by molar-refractivity contribution is -0.136. The van der Waals surface area contributed by atoms with Gasteiger partial charge in [-0.3, -0.25) is 4.79 Å². The van der Waals surface area contributed by atoms with Crippen molar-refractivity contribution in [3.05, 3.63) is 29.8 Å². The molecular weight excluding hydrogens is 278 g/mol. The van der Waals surface area contributed by atoms with E-state index in [1.165, 1.54) is 31.2 Å². The summed E-state index contributed by atoms with van der Waals surface area (Å²) in [4.78, 5) is 10.4. The van der Waals surface area contributed by atoms with Crippen molar-refractivity contribution in [1.82, 2.24) is 5.32 Å². The van der Waals surface area contributed by atoms with Gasteiger partial charge in [0.05, 0.1) is 13.0 Å². The Labute approximate surface area is 133 Å². The Balaban J connectivity index is 2.10. The summed E-state index contributed by atoms with van der Waals surface area (Å²) < 4.78 is 5.73. The molecule has 0 aliphatic heterocycles. The van der Waals surface area contributed by atoms with E-state index in [0.29, 0.717) is 6.54 Å². The summed E-state index contributed by atoms with van der Waals surface area (Å²) in [5.74, 6) is 0.168. The number of hydrogen-bond acceptors (Lipinski definition) is 3. The Kier molecular flexibility index (Phi) is 10.1. The van der Waals surface area contributed by atoms with Crippen LogP contribution in [0.25, 0.3) is 0 Å². The van der Waals surface area contributed by atoms with Crippen LogP contribution in [0.3, 0.4) is 0 Å². The maximum Gasteiger partial charge on any atom is 0.304 e. The molecule has 0 aromatic heterocycles. The quantitative estimate of drug-likeness (QED) is 0.546. The number of rotatable bonds is 13. The summed E-state index contributed by atoms with van der Waals surface area (Å²) in [6.07, 6.45) is 7.32. The minimum Gasteiger partial charge on any atom is -0.494 e. The second-order valence-electron chi connectivity index (χ2n) is 5.55. The molecular formula is C18H29NO3. The van der Waals surface area contributed by atoms with Crippen molar-refractivity contribution in [2.45, 2.75) is 51.9 Å². The highest BCUT2D eigenvalue weighted by molar-refractivity contribution is 5.66. The van der Waals surface area contributed by atoms with Gasteiger partial charge in [-0.1, -0.05) is 44.7 Å². The molecule has 0 saturated carbocycles. The van der Waals surface area contributed by atoms with E-state index in [9.17, 15) is 4.79 Å². The van der Waals surface area contributed by atoms with Crippen molar-refractivity contribution in [2.75, 3.05) is 19.7 Å². The van der Waals surface area contributed by atoms with Crippen molar-refractivity contribution in [1.29, 1.82) is 0 Å². The maximum absolute atomic E-state index is 10.4. The molecule has 0 saturated heterocycles. The third-order valence-corrected chi connectivity index (χ3v) is 3.55. The summed E-state index contributed by atoms with van der Waals surface area (Å²) in [7, 11) is 0. The van der Waals surface area contributed by atoms with Gasteiger partial charge in [-0.2, -0.15) is 0 Å². The molecule has 0 unspecified atom stereocenters. The molecule has 124 valence electrons. The van der Waals surface area contributed by atoms with Crippen LogP contribution in [0.4, 0.5) is 0 Å². The van der Waals surface area contributed by atoms with Crippen LogP contribution in [0.2, 0.25) is 0 Å². The maximum atomic E-state index is 10.4. The fraction of sp³-hybridized carbons (Fsp3) is 0.611. The molecule has 0 aliphatic rings. The van der Waals surface area contributed by atoms with Crippen LogP contribution in [-0.2, 0) is 11.2 Å². The highest BCUT2D eigenvalue weighted by Crippen LogP contribution is 2.13. The Hall–Kier alpha value is -1.55. The van der Waals surface area contributed by atoms with Crippen LogP contribution in [-0.4, -0.2) is 30.8 Å². The van der Waals surface area contributed by atoms with Crippen LogP contribution in [0, 0.1) is 0 Å². The molecule has 0 bridgehead atoms. The van der Waals surface area contributed by atoms with Gasteiger partial charge < -0.3 is 15.2 Å². The highest BCUT2D eigenvalue weighted by Gasteiger charge is 1.98. The van der Waals surface area contributed by atoms with Crippen LogP contribution >= 0.6 is 0 Å². The van der Waals surface area contributed by atoms with Gasteiger partial charge in [0.25, 0.3) is 0 Å². The summed E-state index contributed by atoms with van der Waals surface area (Å²) >= 11 is 0. The van der Waals surface area contributed by atoms with E-state index in [1.807, 2.05) is 12.1 Å². The molecule has 4 nitrogen and oxygen atoms in total. The highest BCUT2D eigenvalue weighted by atomic mass is 16.5. The first kappa shape index (κ1) is 18.5. The average molecular weight is 307 g/mol. The molecule has 1 aromatic carbocycles. The summed E-state index contributed by atoms with van der Waals surface area (Å²) in [5.41, 5.74) is 1.23. The standard InChI is InChI=1S/C18H29NO3/c1-2-3-4-5-6-15-22-17-9-7-16(8-10-17)11-13-19-14-12-18(20)21/h7-10,19H,2-6,11-15H2,1H3,(H,20,21). The molecule has 0 spiro atoms. The van der Waals surface area contributed by atoms with E-state index < -0.39 is 5.97 Å². The van der Waals surface area contributed by atoms with E-state index in [2.05, 4.69) is 24.4 Å². The number of aliphatic carboxylic acids is 1. The third kappa shape index (κ3) is 9.40. The van der Waals surface area contributed by atoms with E-state index in [4.69, 9.17) is 9.84 Å². The Morgan fingerprint density at radius 2 is 1.82 bits per heavy atom. The van der Waals surface area contributed by atoms with Gasteiger partial charge in [0.15, 0.2) is 0 Å². The summed E-state index contributed by atoms with van der Waals surface area (Å²) in [6.45, 7) is 4.33. The molecule has 0 atom stereocenters. The smallest absolute Gasteiger partial charge is 0.304 e. The fourth-order valence-corrected chi connectivity index (χ4v) is 2.20. The van der Waals surface area contributed by atoms with Crippen LogP contribution in [0.5, 0.6) is 5.75 Å². The predicted molar refractivity (Wildman–Crippen MR) is 89.5 cm³/mol. The lowest BCUT2D eigenvalue weighted by Gasteiger charge is -2.08. The molecule has 0 radical (unpaired) electrons. The number of hydrogen-bond donors (Lipinski definition) is 2. The van der Waals surface area contributed by atoms with Gasteiger partial charge in [-0.25, -0.2) is 0 Å². The lowest BCUT2D eigenvalue weighted by Crippen LogP contribution is -2.20. The molecule has 1 aromatic rings. The summed E-state index contributed by atoms with van der Waals surface area (Å²) in [6, 6.07) is 8.17. The number of ether oxygens (including phenoxy) is 1. The third-order valence-electron chi connectivity index (χ3n) is 3.55. The second kappa shape index (κ2) is 12.0. The molecule has 0 aliphatic carbocycles. The molecule has 2 N–H and O–H groups in total. The zero-order valence-corrected chi connectivity index (χ0v) is 13.6. The number of carboxylic acid groups (broad SMARTS) is 1. The van der Waals surface area contributed by atoms with Crippen molar-refractivity contribution in [3.63, 3.8) is 0 Å². The van der Waals surface area contributed by atoms with Gasteiger partial charge in [0.1, 0.15) is 5.75 Å². The SMILES string of the molecule is CCCCCCCOc1ccc(CCNCCC(=O)O)cc1. The number of carboxylic acids is 1. The van der Waals surface area contributed by atoms with Gasteiger partial charge in [-0.15, -0.1) is 0 Å². The Bertz CT molecular complexity index is 403. The van der Waals surface area contributed by atoms with Crippen molar-refractivity contribution >= 4 is 5.97 Å². The molecule has 0 fully saturated rings. The van der Waals surface area contributed by atoms with Gasteiger partial charge in [0.2, 0.25) is 0 Å². The van der Waals surface area contributed by atoms with E-state index in [0.717, 1.165) is 31.7 Å². The number of carbonyl (C=O) groups is 1. The normalized spacial score (nSPS) is 10.6. The largest absolute Gasteiger partial charge is 0.494 e. The zero-order valence-electron chi connectivity index (χ0n) is 13.6. The number of unbranched alkanes of at least 4 members (excludes halogenated alkanes) is 4. The van der Waals surface area contributed by atoms with Crippen molar-refractivity contribution in [2.24, 2.45) is 0 Å². The molecule has 22 heavy (non-hydrogen) atoms. The lowest BCUT2D eigenvalue weighted by atomic mass is 10.1. The number of nitrogens with one attached hydrogen (secondary N) is 1. The molecule has 1 rings (SSSR count). The van der Waals surface area contributed by atoms with E-state index in [1.54, 1.807) is 0 Å². The predicted octanol–water partition coefficient (Wildman–Crippen LogP) is 3.64. The minimum atomic E-state index is -0.760. The van der Waals surface area contributed by atoms with Crippen LogP contribution < -0.4 is 10.1 Å². The molecule has 4 heteroatoms. The first-order valence-electron chi connectivity index (χ1n) is 8.36.